The van der Waals surface area contributed by atoms with Gasteiger partial charge in [-0.15, -0.1) is 0 Å². The maximum Gasteiger partial charge on any atom is 0.148 e. The Morgan fingerprint density at radius 3 is 2.57 bits per heavy atom. The van der Waals surface area contributed by atoms with E-state index in [4.69, 9.17) is 14.7 Å². The Balaban J connectivity index is 1.57. The molecule has 2 heterocycles. The lowest BCUT2D eigenvalue weighted by molar-refractivity contribution is 0.0663. The fraction of sp³-hybridized carbons (Fsp3) is 0.241. The summed E-state index contributed by atoms with van der Waals surface area (Å²) in [4.78, 5) is 18.7. The lowest BCUT2D eigenvalue weighted by Crippen LogP contribution is -2.25. The first-order chi connectivity index (χ1) is 18.2. The molecule has 0 bridgehead atoms. The zero-order chi connectivity index (χ0) is 25.2. The number of rotatable bonds is 5. The van der Waals surface area contributed by atoms with Gasteiger partial charge < -0.3 is 14.6 Å². The number of hydrogen-bond donors (Lipinski definition) is 1. The molecule has 0 atom stereocenters. The highest BCUT2D eigenvalue weighted by Crippen LogP contribution is 2.31. The van der Waals surface area contributed by atoms with Gasteiger partial charge in [-0.1, -0.05) is 12.1 Å². The smallest absolute Gasteiger partial charge is 0.148 e. The second kappa shape index (κ2) is 10.1. The predicted molar refractivity (Wildman–Crippen MR) is 142 cm³/mol. The summed E-state index contributed by atoms with van der Waals surface area (Å²) in [5, 5.41) is 4.22. The summed E-state index contributed by atoms with van der Waals surface area (Å²) in [6.45, 7) is 0. The zero-order valence-electron chi connectivity index (χ0n) is 20.5. The van der Waals surface area contributed by atoms with Gasteiger partial charge in [-0.2, -0.15) is 0 Å². The van der Waals surface area contributed by atoms with E-state index in [9.17, 15) is 4.39 Å². The van der Waals surface area contributed by atoms with Crippen molar-refractivity contribution in [1.29, 1.82) is 0 Å². The molecule has 0 radical (unpaired) electrons. The summed E-state index contributed by atoms with van der Waals surface area (Å²) in [7, 11) is 1.78. The van der Waals surface area contributed by atoms with Gasteiger partial charge in [0.25, 0.3) is 0 Å². The lowest BCUT2D eigenvalue weighted by atomic mass is 9.93. The van der Waals surface area contributed by atoms with E-state index in [0.717, 1.165) is 64.8 Å². The van der Waals surface area contributed by atoms with Crippen LogP contribution in [0.3, 0.4) is 0 Å². The van der Waals surface area contributed by atoms with Crippen LogP contribution in [0.2, 0.25) is 0 Å². The minimum Gasteiger partial charge on any atom is -0.381 e. The molecule has 2 aromatic carbocycles. The van der Waals surface area contributed by atoms with Crippen molar-refractivity contribution < 1.29 is 9.13 Å². The third-order valence-electron chi connectivity index (χ3n) is 6.91. The van der Waals surface area contributed by atoms with Gasteiger partial charge in [-0.3, -0.25) is 9.98 Å². The number of ether oxygens (including phenoxy) is 1. The van der Waals surface area contributed by atoms with E-state index in [-0.39, 0.29) is 11.9 Å². The molecule has 2 aliphatic carbocycles. The number of para-hydroxylation sites is 2. The number of nitrogens with one attached hydrogen (secondary N) is 1. The Kier molecular flexibility index (Phi) is 6.32. The van der Waals surface area contributed by atoms with Crippen LogP contribution in [0.4, 0.5) is 15.9 Å². The van der Waals surface area contributed by atoms with E-state index in [2.05, 4.69) is 25.9 Å². The van der Waals surface area contributed by atoms with Crippen molar-refractivity contribution in [2.75, 3.05) is 12.4 Å². The summed E-state index contributed by atoms with van der Waals surface area (Å²) in [6, 6.07) is 18.8. The molecule has 0 saturated heterocycles. The van der Waals surface area contributed by atoms with E-state index in [1.165, 1.54) is 12.1 Å². The number of benzene rings is 3. The average molecular weight is 495 g/mol. The average Bonchev–Trinajstić information content (AvgIpc) is 2.94. The molecule has 0 amide bonds. The molecule has 37 heavy (non-hydrogen) atoms. The predicted octanol–water partition coefficient (Wildman–Crippen LogP) is 5.66. The Morgan fingerprint density at radius 2 is 1.81 bits per heavy atom. The molecule has 0 unspecified atom stereocenters. The minimum absolute atomic E-state index is 0.193. The molecule has 1 fully saturated rings. The maximum absolute atomic E-state index is 13.8. The molecule has 1 aromatic heterocycles. The van der Waals surface area contributed by atoms with Crippen molar-refractivity contribution in [3.8, 4) is 17.1 Å². The molecule has 3 aromatic rings. The third kappa shape index (κ3) is 4.80. The fourth-order valence-corrected chi connectivity index (χ4v) is 5.03. The number of nitrogens with zero attached hydrogens (tertiary/aromatic N) is 5. The number of methoxy groups -OCH3 is 1. The quantitative estimate of drug-likeness (QED) is 0.319. The first-order valence-corrected chi connectivity index (χ1v) is 12.5. The van der Waals surface area contributed by atoms with Crippen molar-refractivity contribution in [3.05, 3.63) is 90.4 Å². The van der Waals surface area contributed by atoms with Gasteiger partial charge in [-0.05, 0) is 74.2 Å². The lowest BCUT2D eigenvalue weighted by Gasteiger charge is -2.25. The third-order valence-corrected chi connectivity index (χ3v) is 6.91. The second-order valence-electron chi connectivity index (χ2n) is 9.28. The number of aromatic nitrogens is 4. The van der Waals surface area contributed by atoms with Crippen LogP contribution < -0.4 is 10.7 Å². The van der Waals surface area contributed by atoms with Crippen molar-refractivity contribution in [3.63, 3.8) is 0 Å². The van der Waals surface area contributed by atoms with Crippen LogP contribution in [0.5, 0.6) is 0 Å². The largest absolute Gasteiger partial charge is 0.381 e. The molecule has 7 nitrogen and oxygen atoms in total. The molecule has 8 heteroatoms. The van der Waals surface area contributed by atoms with Crippen molar-refractivity contribution >= 4 is 22.5 Å². The van der Waals surface area contributed by atoms with Crippen molar-refractivity contribution in [2.24, 2.45) is 4.99 Å². The molecular weight excluding hydrogens is 467 g/mol. The normalized spacial score (nSPS) is 18.4. The van der Waals surface area contributed by atoms with Crippen LogP contribution in [0.25, 0.3) is 28.1 Å². The monoisotopic (exact) mass is 494 g/mol. The van der Waals surface area contributed by atoms with Crippen LogP contribution in [0.1, 0.15) is 25.7 Å². The highest BCUT2D eigenvalue weighted by atomic mass is 19.1. The molecule has 1 N–H and O–H groups in total. The molecule has 1 aliphatic heterocycles. The number of halogens is 1. The van der Waals surface area contributed by atoms with E-state index in [1.54, 1.807) is 37.8 Å². The van der Waals surface area contributed by atoms with Gasteiger partial charge in [-0.25, -0.2) is 14.4 Å². The van der Waals surface area contributed by atoms with Gasteiger partial charge in [0.1, 0.15) is 11.6 Å². The van der Waals surface area contributed by atoms with E-state index in [0.29, 0.717) is 11.9 Å². The highest BCUT2D eigenvalue weighted by molar-refractivity contribution is 5.84. The van der Waals surface area contributed by atoms with Gasteiger partial charge in [0.2, 0.25) is 0 Å². The maximum atomic E-state index is 13.8. The van der Waals surface area contributed by atoms with Crippen molar-refractivity contribution in [1.82, 2.24) is 19.5 Å². The number of fused-ring (bicyclic) bond motifs is 2. The van der Waals surface area contributed by atoms with Crippen LogP contribution in [-0.4, -0.2) is 38.8 Å². The molecule has 0 spiro atoms. The van der Waals surface area contributed by atoms with Gasteiger partial charge in [0, 0.05) is 25.2 Å². The molecule has 6 rings (SSSR count). The Bertz CT molecular complexity index is 1560. The summed E-state index contributed by atoms with van der Waals surface area (Å²) in [5.41, 5.74) is 5.12. The van der Waals surface area contributed by atoms with Gasteiger partial charge >= 0.3 is 0 Å². The van der Waals surface area contributed by atoms with Gasteiger partial charge in [0.05, 0.1) is 51.8 Å². The van der Waals surface area contributed by atoms with Gasteiger partial charge in [0.15, 0.2) is 0 Å². The summed E-state index contributed by atoms with van der Waals surface area (Å²) >= 11 is 0. The fourth-order valence-electron chi connectivity index (χ4n) is 5.03. The first-order valence-electron chi connectivity index (χ1n) is 12.5. The minimum atomic E-state index is -0.273. The molecular formula is C29H27FN6O. The second-order valence-corrected chi connectivity index (χ2v) is 9.28. The molecule has 3 aliphatic rings. The number of hydrogen-bond acceptors (Lipinski definition) is 6. The summed E-state index contributed by atoms with van der Waals surface area (Å²) < 4.78 is 21.5. The van der Waals surface area contributed by atoms with Crippen LogP contribution in [-0.2, 0) is 4.74 Å². The van der Waals surface area contributed by atoms with Crippen LogP contribution in [0.15, 0.2) is 84.2 Å². The number of anilines is 2. The Hall–Kier alpha value is -4.17. The van der Waals surface area contributed by atoms with Crippen molar-refractivity contribution in [2.45, 2.75) is 37.8 Å². The van der Waals surface area contributed by atoms with Crippen LogP contribution >= 0.6 is 0 Å². The summed E-state index contributed by atoms with van der Waals surface area (Å²) in [5.74, 6) is 0.360. The SMILES string of the molecule is COC1CCC(N=c2cc3n(-c4ccc(F)cc4)c4ccccc4nc-3cc2Nc2cnccn2)CC1. The summed E-state index contributed by atoms with van der Waals surface area (Å²) in [6.07, 6.45) is 9.20. The first kappa shape index (κ1) is 23.2. The topological polar surface area (TPSA) is 77.2 Å². The Labute approximate surface area is 214 Å². The Morgan fingerprint density at radius 1 is 1.00 bits per heavy atom. The van der Waals surface area contributed by atoms with E-state index >= 15 is 0 Å². The molecule has 186 valence electrons. The zero-order valence-corrected chi connectivity index (χ0v) is 20.5. The molecule has 1 saturated carbocycles. The van der Waals surface area contributed by atoms with E-state index < -0.39 is 0 Å². The van der Waals surface area contributed by atoms with Crippen LogP contribution in [0, 0.1) is 5.82 Å². The highest BCUT2D eigenvalue weighted by Gasteiger charge is 2.21. The standard InChI is InChI=1S/C29H27FN6O/c1-37-22-12-8-20(9-13-22)33-25-17-28-26(16-24(25)35-29-18-31-14-15-32-29)34-23-4-2-3-5-27(23)36(28)21-10-6-19(30)7-11-21/h2-7,10-11,14-18,20,22H,8-9,12-13H2,1H3,(H,32,35). The van der Waals surface area contributed by atoms with E-state index in [1.807, 2.05) is 30.3 Å².